The predicted octanol–water partition coefficient (Wildman–Crippen LogP) is 3.90. The summed E-state index contributed by atoms with van der Waals surface area (Å²) in [5.74, 6) is 0.794. The van der Waals surface area contributed by atoms with Crippen LogP contribution in [0.15, 0.2) is 9.95 Å². The van der Waals surface area contributed by atoms with Crippen molar-refractivity contribution in [2.75, 3.05) is 12.4 Å². The van der Waals surface area contributed by atoms with Gasteiger partial charge < -0.3 is 4.74 Å². The van der Waals surface area contributed by atoms with Crippen molar-refractivity contribution in [1.82, 2.24) is 9.55 Å². The van der Waals surface area contributed by atoms with Crippen molar-refractivity contribution < 1.29 is 4.74 Å². The molecule has 0 spiro atoms. The highest BCUT2D eigenvalue weighted by atomic mass is 32.2. The van der Waals surface area contributed by atoms with E-state index < -0.39 is 0 Å². The molecule has 134 valence electrons. The van der Waals surface area contributed by atoms with Crippen molar-refractivity contribution in [3.05, 3.63) is 20.8 Å². The standard InChI is InChI=1S/C18H23N3O2S2/c1-3-14-12(2)25-16-15(14)17(22)21(11-13-7-6-9-23-13)18(20-16)24-10-5-4-8-19/h13H,3-7,9-11H2,1-2H3. The molecule has 0 saturated carbocycles. The second kappa shape index (κ2) is 8.35. The molecule has 0 radical (unpaired) electrons. The average Bonchev–Trinajstić information content (AvgIpc) is 3.21. The SMILES string of the molecule is CCc1c(C)sc2nc(SCCCC#N)n(CC3CCCO3)c(=O)c12. The zero-order valence-electron chi connectivity index (χ0n) is 14.7. The normalized spacial score (nSPS) is 17.2. The predicted molar refractivity (Wildman–Crippen MR) is 103 cm³/mol. The summed E-state index contributed by atoms with van der Waals surface area (Å²) >= 11 is 3.18. The van der Waals surface area contributed by atoms with Crippen LogP contribution in [0, 0.1) is 18.3 Å². The molecule has 7 heteroatoms. The zero-order chi connectivity index (χ0) is 17.8. The van der Waals surface area contributed by atoms with E-state index in [1.165, 1.54) is 4.88 Å². The maximum atomic E-state index is 13.2. The van der Waals surface area contributed by atoms with Gasteiger partial charge in [-0.3, -0.25) is 9.36 Å². The molecule has 5 nitrogen and oxygen atoms in total. The number of ether oxygens (including phenoxy) is 1. The molecular weight excluding hydrogens is 354 g/mol. The number of hydrogen-bond acceptors (Lipinski definition) is 6. The molecule has 2 aromatic heterocycles. The molecular formula is C18H23N3O2S2. The van der Waals surface area contributed by atoms with E-state index in [1.807, 2.05) is 0 Å². The number of hydrogen-bond donors (Lipinski definition) is 0. The summed E-state index contributed by atoms with van der Waals surface area (Å²) in [6, 6.07) is 2.17. The van der Waals surface area contributed by atoms with Crippen LogP contribution in [-0.2, 0) is 17.7 Å². The smallest absolute Gasteiger partial charge is 0.263 e. The fourth-order valence-corrected chi connectivity index (χ4v) is 5.34. The van der Waals surface area contributed by atoms with Gasteiger partial charge in [-0.1, -0.05) is 18.7 Å². The third-order valence-electron chi connectivity index (χ3n) is 4.51. The first-order chi connectivity index (χ1) is 12.2. The Morgan fingerprint density at radius 1 is 1.52 bits per heavy atom. The quantitative estimate of drug-likeness (QED) is 0.416. The number of nitrogens with zero attached hydrogens (tertiary/aromatic N) is 3. The van der Waals surface area contributed by atoms with E-state index in [0.717, 1.165) is 59.0 Å². The Morgan fingerprint density at radius 3 is 3.04 bits per heavy atom. The molecule has 1 aliphatic rings. The van der Waals surface area contributed by atoms with Gasteiger partial charge in [-0.15, -0.1) is 11.3 Å². The molecule has 1 unspecified atom stereocenters. The Labute approximate surface area is 156 Å². The van der Waals surface area contributed by atoms with Crippen LogP contribution in [0.1, 0.15) is 43.0 Å². The molecule has 2 aromatic rings. The van der Waals surface area contributed by atoms with E-state index in [-0.39, 0.29) is 11.7 Å². The van der Waals surface area contributed by atoms with Gasteiger partial charge in [-0.25, -0.2) is 4.98 Å². The van der Waals surface area contributed by atoms with E-state index in [4.69, 9.17) is 15.0 Å². The van der Waals surface area contributed by atoms with Crippen LogP contribution in [0.5, 0.6) is 0 Å². The number of aryl methyl sites for hydroxylation is 2. The van der Waals surface area contributed by atoms with Crippen molar-refractivity contribution in [1.29, 1.82) is 5.26 Å². The first kappa shape index (κ1) is 18.4. The number of unbranched alkanes of at least 4 members (excludes halogenated alkanes) is 1. The maximum Gasteiger partial charge on any atom is 0.263 e. The second-order valence-electron chi connectivity index (χ2n) is 6.23. The highest BCUT2D eigenvalue weighted by Gasteiger charge is 2.22. The number of thiophene rings is 1. The van der Waals surface area contributed by atoms with Crippen LogP contribution in [-0.4, -0.2) is 28.0 Å². The third-order valence-corrected chi connectivity index (χ3v) is 6.61. The molecule has 1 fully saturated rings. The van der Waals surface area contributed by atoms with Gasteiger partial charge in [-0.05, 0) is 38.2 Å². The highest BCUT2D eigenvalue weighted by molar-refractivity contribution is 7.99. The van der Waals surface area contributed by atoms with E-state index in [0.29, 0.717) is 13.0 Å². The topological polar surface area (TPSA) is 67.9 Å². The van der Waals surface area contributed by atoms with Gasteiger partial charge in [0.05, 0.1) is 24.1 Å². The van der Waals surface area contributed by atoms with Crippen molar-refractivity contribution in [3.8, 4) is 6.07 Å². The minimum Gasteiger partial charge on any atom is -0.376 e. The number of nitriles is 1. The molecule has 1 atom stereocenters. The Balaban J connectivity index is 2.01. The molecule has 1 saturated heterocycles. The summed E-state index contributed by atoms with van der Waals surface area (Å²) in [6.07, 6.45) is 4.32. The number of thioether (sulfide) groups is 1. The Kier molecular flexibility index (Phi) is 6.15. The van der Waals surface area contributed by atoms with Gasteiger partial charge in [0.15, 0.2) is 5.16 Å². The lowest BCUT2D eigenvalue weighted by Gasteiger charge is -2.16. The molecule has 0 bridgehead atoms. The van der Waals surface area contributed by atoms with Crippen LogP contribution in [0.4, 0.5) is 0 Å². The number of rotatable bonds is 7. The molecule has 0 N–H and O–H groups in total. The summed E-state index contributed by atoms with van der Waals surface area (Å²) in [6.45, 7) is 5.50. The van der Waals surface area contributed by atoms with Crippen molar-refractivity contribution in [3.63, 3.8) is 0 Å². The van der Waals surface area contributed by atoms with Crippen molar-refractivity contribution >= 4 is 33.3 Å². The molecule has 0 aliphatic carbocycles. The molecule has 0 aromatic carbocycles. The number of aromatic nitrogens is 2. The lowest BCUT2D eigenvalue weighted by atomic mass is 10.1. The largest absolute Gasteiger partial charge is 0.376 e. The molecule has 25 heavy (non-hydrogen) atoms. The summed E-state index contributed by atoms with van der Waals surface area (Å²) < 4.78 is 7.55. The fraction of sp³-hybridized carbons (Fsp3) is 0.611. The van der Waals surface area contributed by atoms with Gasteiger partial charge in [0.25, 0.3) is 5.56 Å². The van der Waals surface area contributed by atoms with Crippen LogP contribution in [0.25, 0.3) is 10.2 Å². The third kappa shape index (κ3) is 3.91. The highest BCUT2D eigenvalue weighted by Crippen LogP contribution is 2.30. The Bertz CT molecular complexity index is 845. The van der Waals surface area contributed by atoms with E-state index >= 15 is 0 Å². The minimum atomic E-state index is 0.0597. The monoisotopic (exact) mass is 377 g/mol. The van der Waals surface area contributed by atoms with Gasteiger partial charge in [-0.2, -0.15) is 5.26 Å². The maximum absolute atomic E-state index is 13.2. The van der Waals surface area contributed by atoms with Crippen LogP contribution < -0.4 is 5.56 Å². The lowest BCUT2D eigenvalue weighted by molar-refractivity contribution is 0.0937. The summed E-state index contributed by atoms with van der Waals surface area (Å²) in [4.78, 5) is 20.1. The molecule has 1 aliphatic heterocycles. The first-order valence-electron chi connectivity index (χ1n) is 8.79. The van der Waals surface area contributed by atoms with Gasteiger partial charge in [0.1, 0.15) is 4.83 Å². The Hall–Kier alpha value is -1.36. The van der Waals surface area contributed by atoms with Crippen LogP contribution >= 0.6 is 23.1 Å². The Morgan fingerprint density at radius 2 is 2.36 bits per heavy atom. The minimum absolute atomic E-state index is 0.0597. The number of fused-ring (bicyclic) bond motifs is 1. The van der Waals surface area contributed by atoms with E-state index in [9.17, 15) is 4.79 Å². The average molecular weight is 378 g/mol. The molecule has 3 heterocycles. The molecule has 0 amide bonds. The van der Waals surface area contributed by atoms with Gasteiger partial charge in [0.2, 0.25) is 0 Å². The van der Waals surface area contributed by atoms with Gasteiger partial charge >= 0.3 is 0 Å². The zero-order valence-corrected chi connectivity index (χ0v) is 16.3. The first-order valence-corrected chi connectivity index (χ1v) is 10.6. The van der Waals surface area contributed by atoms with Crippen molar-refractivity contribution in [2.45, 2.75) is 63.8 Å². The van der Waals surface area contributed by atoms with Gasteiger partial charge in [0, 0.05) is 23.7 Å². The molecule has 3 rings (SSSR count). The summed E-state index contributed by atoms with van der Waals surface area (Å²) in [5, 5.41) is 10.2. The van der Waals surface area contributed by atoms with E-state index in [2.05, 4.69) is 19.9 Å². The second-order valence-corrected chi connectivity index (χ2v) is 8.49. The summed E-state index contributed by atoms with van der Waals surface area (Å²) in [7, 11) is 0. The van der Waals surface area contributed by atoms with Crippen LogP contribution in [0.3, 0.4) is 0 Å². The van der Waals surface area contributed by atoms with Crippen molar-refractivity contribution in [2.24, 2.45) is 0 Å². The van der Waals surface area contributed by atoms with E-state index in [1.54, 1.807) is 27.7 Å². The fourth-order valence-electron chi connectivity index (χ4n) is 3.23. The summed E-state index contributed by atoms with van der Waals surface area (Å²) in [5.41, 5.74) is 1.18. The lowest BCUT2D eigenvalue weighted by Crippen LogP contribution is -2.29. The van der Waals surface area contributed by atoms with Crippen LogP contribution in [0.2, 0.25) is 0 Å².